The summed E-state index contributed by atoms with van der Waals surface area (Å²) in [6.07, 6.45) is 16.6. The zero-order valence-electron chi connectivity index (χ0n) is 48.5. The molecule has 0 radical (unpaired) electrons. The van der Waals surface area contributed by atoms with Gasteiger partial charge in [0.05, 0.1) is 27.6 Å². The van der Waals surface area contributed by atoms with E-state index in [4.69, 9.17) is 46.4 Å². The van der Waals surface area contributed by atoms with Crippen molar-refractivity contribution in [1.82, 2.24) is 0 Å². The van der Waals surface area contributed by atoms with Crippen molar-refractivity contribution in [2.45, 2.75) is 149 Å². The van der Waals surface area contributed by atoms with Gasteiger partial charge in [0, 0.05) is 86.8 Å². The van der Waals surface area contributed by atoms with Gasteiger partial charge in [-0.05, 0) is 196 Å². The van der Waals surface area contributed by atoms with Crippen LogP contribution in [0.4, 0.5) is 22.7 Å². The van der Waals surface area contributed by atoms with Gasteiger partial charge in [0.2, 0.25) is 23.6 Å². The predicted molar refractivity (Wildman–Crippen MR) is 331 cm³/mol. The van der Waals surface area contributed by atoms with Gasteiger partial charge in [0.15, 0.2) is 0 Å². The monoisotopic (exact) mass is 1220 g/mol. The maximum absolute atomic E-state index is 12.9. The predicted octanol–water partition coefficient (Wildman–Crippen LogP) is 14.9. The molecule has 0 unspecified atom stereocenters. The molecule has 0 aromatic heterocycles. The fraction of sp³-hybridized carbons (Fsp3) is 0.522. The van der Waals surface area contributed by atoms with Crippen molar-refractivity contribution in [2.24, 2.45) is 45.3 Å². The Bertz CT molecular complexity index is 2760. The minimum absolute atomic E-state index is 0.0574. The second-order valence-electron chi connectivity index (χ2n) is 25.2. The Kier molecular flexibility index (Phi) is 19.9. The number of anilines is 4. The number of carboxylic acid groups (broad SMARTS) is 1. The normalized spacial score (nSPS) is 29.1. The number of benzene rings is 4. The third-order valence-electron chi connectivity index (χ3n) is 20.0. The SMILES string of the molecule is CC(=O)[C@@H]1CCC[C@]2(CCN(c3cccc(Cl)c3)C2=O)C1.CC(=O)[C@@H]1CCC[C@]2(CCN(c3cccc(Cl)c3)C2=O)C1.CC(=O)[C@H]1CCC[C@]2(CCN(c3cccc(Cl)c3)C2=O)C1.O=C(O)[C@H]1CCC[C@]2(CCN(c3cccc(Cl)c3)C2=O)C1. The highest BCUT2D eigenvalue weighted by atomic mass is 35.5. The van der Waals surface area contributed by atoms with Gasteiger partial charge in [-0.15, -0.1) is 0 Å². The molecule has 4 aromatic carbocycles. The lowest BCUT2D eigenvalue weighted by molar-refractivity contribution is -0.146. The summed E-state index contributed by atoms with van der Waals surface area (Å²) in [5.41, 5.74) is 1.97. The lowest BCUT2D eigenvalue weighted by Crippen LogP contribution is -2.39. The zero-order valence-corrected chi connectivity index (χ0v) is 51.6. The summed E-state index contributed by atoms with van der Waals surface area (Å²) in [6, 6.07) is 29.6. The third-order valence-corrected chi connectivity index (χ3v) is 20.9. The number of ketones is 3. The first kappa shape index (κ1) is 62.9. The van der Waals surface area contributed by atoms with Crippen molar-refractivity contribution in [3.05, 3.63) is 117 Å². The molecule has 4 saturated heterocycles. The van der Waals surface area contributed by atoms with Crippen molar-refractivity contribution >= 4 is 116 Å². The van der Waals surface area contributed by atoms with Crippen molar-refractivity contribution < 1.29 is 43.5 Å². The molecule has 13 nitrogen and oxygen atoms in total. The molecule has 17 heteroatoms. The van der Waals surface area contributed by atoms with E-state index in [1.54, 1.807) is 37.8 Å². The molecule has 4 spiro atoms. The molecular formula is C67H78Cl4N4O9. The number of hydrogen-bond donors (Lipinski definition) is 1. The van der Waals surface area contributed by atoms with Crippen LogP contribution in [0.5, 0.6) is 0 Å². The van der Waals surface area contributed by atoms with Crippen molar-refractivity contribution in [3.63, 3.8) is 0 Å². The Hall–Kier alpha value is -5.60. The molecule has 4 aromatic rings. The number of nitrogens with zero attached hydrogens (tertiary/aromatic N) is 4. The smallest absolute Gasteiger partial charge is 0.306 e. The molecular weight excluding hydrogens is 1150 g/mol. The van der Waals surface area contributed by atoms with Crippen LogP contribution in [0.2, 0.25) is 20.1 Å². The van der Waals surface area contributed by atoms with Crippen molar-refractivity contribution in [3.8, 4) is 0 Å². The van der Waals surface area contributed by atoms with Crippen LogP contribution >= 0.6 is 46.4 Å². The van der Waals surface area contributed by atoms with Crippen LogP contribution in [-0.4, -0.2) is 78.2 Å². The average Bonchev–Trinajstić information content (AvgIpc) is 2.19. The average molecular weight is 1230 g/mol. The Labute approximate surface area is 514 Å². The van der Waals surface area contributed by atoms with Crippen LogP contribution in [0, 0.1) is 45.3 Å². The van der Waals surface area contributed by atoms with Crippen LogP contribution < -0.4 is 19.6 Å². The van der Waals surface area contributed by atoms with Crippen LogP contribution in [-0.2, 0) is 38.4 Å². The standard InChI is InChI=1S/3C17H20ClNO2.C16H18ClNO3/c3*1-12(20)13-4-3-7-17(11-13)8-9-19(16(17)21)15-6-2-5-14(18)10-15;17-12-4-1-5-13(9-12)18-8-7-16(15(18)21)6-2-3-11(10-16)14(19)20/h3*2,5-6,10,13H,3-4,7-9,11H2,1H3;1,4-5,9,11H,2-3,6-8,10H2,(H,19,20)/t2*13-,17+;13-,17-;11-,16-/m1100/s1. The Balaban J connectivity index is 0.000000134. The number of rotatable bonds is 8. The van der Waals surface area contributed by atoms with E-state index in [-0.39, 0.29) is 80.9 Å². The Morgan fingerprint density at radius 2 is 0.607 bits per heavy atom. The van der Waals surface area contributed by atoms with E-state index in [0.717, 1.165) is 158 Å². The zero-order chi connectivity index (χ0) is 60.1. The molecule has 4 heterocycles. The lowest BCUT2D eigenvalue weighted by Gasteiger charge is -2.35. The Morgan fingerprint density at radius 3 is 0.821 bits per heavy atom. The van der Waals surface area contributed by atoms with Crippen LogP contribution in [0.3, 0.4) is 0 Å². The topological polar surface area (TPSA) is 170 Å². The molecule has 4 amide bonds. The molecule has 4 saturated carbocycles. The summed E-state index contributed by atoms with van der Waals surface area (Å²) in [6.45, 7) is 7.77. The molecule has 8 fully saturated rings. The number of amides is 4. The minimum atomic E-state index is -0.775. The molecule has 0 bridgehead atoms. The number of carbonyl (C=O) groups excluding carboxylic acids is 7. The van der Waals surface area contributed by atoms with Gasteiger partial charge in [-0.1, -0.05) is 96.4 Å². The highest BCUT2D eigenvalue weighted by Crippen LogP contribution is 2.52. The van der Waals surface area contributed by atoms with Gasteiger partial charge in [-0.2, -0.15) is 0 Å². The number of carbonyl (C=O) groups is 8. The van der Waals surface area contributed by atoms with Gasteiger partial charge in [0.1, 0.15) is 17.3 Å². The summed E-state index contributed by atoms with van der Waals surface area (Å²) >= 11 is 24.1. The quantitative estimate of drug-likeness (QED) is 0.180. The van der Waals surface area contributed by atoms with E-state index < -0.39 is 11.4 Å². The van der Waals surface area contributed by atoms with E-state index in [1.807, 2.05) is 99.6 Å². The summed E-state index contributed by atoms with van der Waals surface area (Å²) in [5, 5.41) is 11.8. The van der Waals surface area contributed by atoms with Crippen molar-refractivity contribution in [2.75, 3.05) is 45.8 Å². The van der Waals surface area contributed by atoms with Crippen molar-refractivity contribution in [1.29, 1.82) is 0 Å². The largest absolute Gasteiger partial charge is 0.481 e. The van der Waals surface area contributed by atoms with Gasteiger partial charge in [-0.3, -0.25) is 38.4 Å². The lowest BCUT2D eigenvalue weighted by atomic mass is 9.67. The second-order valence-corrected chi connectivity index (χ2v) is 27.0. The van der Waals surface area contributed by atoms with Gasteiger partial charge in [-0.25, -0.2) is 0 Å². The highest BCUT2D eigenvalue weighted by Gasteiger charge is 2.54. The van der Waals surface area contributed by atoms with Crippen LogP contribution in [0.1, 0.15) is 149 Å². The first-order chi connectivity index (χ1) is 40.1. The molecule has 4 aliphatic carbocycles. The third kappa shape index (κ3) is 13.6. The summed E-state index contributed by atoms with van der Waals surface area (Å²) in [7, 11) is 0. The van der Waals surface area contributed by atoms with E-state index in [9.17, 15) is 43.5 Å². The minimum Gasteiger partial charge on any atom is -0.481 e. The summed E-state index contributed by atoms with van der Waals surface area (Å²) in [4.78, 5) is 105. The van der Waals surface area contributed by atoms with E-state index in [0.29, 0.717) is 39.5 Å². The van der Waals surface area contributed by atoms with Crippen LogP contribution in [0.15, 0.2) is 97.1 Å². The highest BCUT2D eigenvalue weighted by molar-refractivity contribution is 6.32. The van der Waals surface area contributed by atoms with E-state index in [2.05, 4.69) is 0 Å². The van der Waals surface area contributed by atoms with Gasteiger partial charge < -0.3 is 24.7 Å². The molecule has 4 aliphatic heterocycles. The maximum Gasteiger partial charge on any atom is 0.306 e. The Morgan fingerprint density at radius 1 is 0.381 bits per heavy atom. The first-order valence-corrected chi connectivity index (χ1v) is 31.6. The van der Waals surface area contributed by atoms with Gasteiger partial charge in [0.25, 0.3) is 0 Å². The summed E-state index contributed by atoms with van der Waals surface area (Å²) in [5.74, 6) is 0.281. The number of Topliss-reactive ketones (excluding diaryl/α,β-unsaturated/α-hetero) is 3. The molecule has 448 valence electrons. The molecule has 12 rings (SSSR count). The first-order valence-electron chi connectivity index (χ1n) is 30.1. The molecule has 8 atom stereocenters. The maximum atomic E-state index is 12.9. The fourth-order valence-electron chi connectivity index (χ4n) is 15.2. The van der Waals surface area contributed by atoms with E-state index in [1.165, 1.54) is 0 Å². The molecule has 1 N–H and O–H groups in total. The number of aliphatic carboxylic acids is 1. The second kappa shape index (κ2) is 26.6. The van der Waals surface area contributed by atoms with E-state index >= 15 is 0 Å². The van der Waals surface area contributed by atoms with Gasteiger partial charge >= 0.3 is 5.97 Å². The number of carboxylic acids is 1. The molecule has 8 aliphatic rings. The molecule has 84 heavy (non-hydrogen) atoms. The number of hydrogen-bond acceptors (Lipinski definition) is 8. The fourth-order valence-corrected chi connectivity index (χ4v) is 16.0. The number of halogens is 4. The summed E-state index contributed by atoms with van der Waals surface area (Å²) < 4.78 is 0. The van der Waals surface area contributed by atoms with Crippen LogP contribution in [0.25, 0.3) is 0 Å².